The molecule has 0 radical (unpaired) electrons. The number of carbonyl (C=O) groups is 3. The van der Waals surface area contributed by atoms with Crippen LogP contribution in [0.15, 0.2) is 72.8 Å². The van der Waals surface area contributed by atoms with Gasteiger partial charge in [0.1, 0.15) is 11.5 Å². The van der Waals surface area contributed by atoms with Crippen molar-refractivity contribution in [2.24, 2.45) is 0 Å². The second-order valence-corrected chi connectivity index (χ2v) is 7.75. The number of hydrogen-bond donors (Lipinski definition) is 1. The van der Waals surface area contributed by atoms with Gasteiger partial charge in [-0.3, -0.25) is 14.4 Å². The largest absolute Gasteiger partial charge is 0.457 e. The summed E-state index contributed by atoms with van der Waals surface area (Å²) in [7, 11) is 0. The van der Waals surface area contributed by atoms with Gasteiger partial charge < -0.3 is 14.8 Å². The zero-order chi connectivity index (χ0) is 23.6. The fourth-order valence-corrected chi connectivity index (χ4v) is 3.09. The molecule has 3 aromatic rings. The maximum Gasteiger partial charge on any atom is 0.306 e. The Balaban J connectivity index is 1.37. The molecule has 170 valence electrons. The van der Waals surface area contributed by atoms with Crippen LogP contribution in [0, 0.1) is 13.8 Å². The summed E-state index contributed by atoms with van der Waals surface area (Å²) in [6, 6.07) is 21.8. The van der Waals surface area contributed by atoms with Crippen LogP contribution in [-0.2, 0) is 14.3 Å². The number of amides is 1. The van der Waals surface area contributed by atoms with Crippen LogP contribution >= 0.6 is 0 Å². The summed E-state index contributed by atoms with van der Waals surface area (Å²) >= 11 is 0. The lowest BCUT2D eigenvalue weighted by molar-refractivity contribution is -0.142. The number of nitrogens with one attached hydrogen (secondary N) is 1. The minimum Gasteiger partial charge on any atom is -0.457 e. The number of anilines is 1. The van der Waals surface area contributed by atoms with Crippen molar-refractivity contribution in [3.63, 3.8) is 0 Å². The predicted octanol–water partition coefficient (Wildman–Crippen LogP) is 5.63. The molecule has 0 aliphatic rings. The highest BCUT2D eigenvalue weighted by Crippen LogP contribution is 2.27. The molecule has 0 heterocycles. The molecule has 0 aliphatic heterocycles. The molecular weight excluding hydrogens is 418 g/mol. The Morgan fingerprint density at radius 3 is 2.30 bits per heavy atom. The van der Waals surface area contributed by atoms with E-state index in [4.69, 9.17) is 9.47 Å². The molecule has 3 rings (SSSR count). The summed E-state index contributed by atoms with van der Waals surface area (Å²) in [4.78, 5) is 35.9. The predicted molar refractivity (Wildman–Crippen MR) is 127 cm³/mol. The lowest BCUT2D eigenvalue weighted by atomic mass is 10.1. The molecule has 0 bridgehead atoms. The summed E-state index contributed by atoms with van der Waals surface area (Å²) in [5.41, 5.74) is 3.30. The van der Waals surface area contributed by atoms with E-state index in [0.717, 1.165) is 16.9 Å². The molecule has 0 unspecified atom stereocenters. The van der Waals surface area contributed by atoms with E-state index in [2.05, 4.69) is 5.32 Å². The van der Waals surface area contributed by atoms with Crippen molar-refractivity contribution in [2.75, 3.05) is 11.9 Å². The fourth-order valence-electron chi connectivity index (χ4n) is 3.09. The van der Waals surface area contributed by atoms with E-state index in [1.54, 1.807) is 48.5 Å². The van der Waals surface area contributed by atoms with Crippen molar-refractivity contribution in [1.82, 2.24) is 0 Å². The highest BCUT2D eigenvalue weighted by molar-refractivity contribution is 5.97. The van der Waals surface area contributed by atoms with Crippen molar-refractivity contribution in [3.8, 4) is 11.5 Å². The first-order valence-corrected chi connectivity index (χ1v) is 10.8. The standard InChI is InChI=1S/C27H27NO5/c1-19-11-12-20(2)25(17-19)33-23-15-13-22(14-16-23)28-26(30)9-6-10-27(31)32-18-24(29)21-7-4-3-5-8-21/h3-5,7-8,11-17H,6,9-10,18H2,1-2H3,(H,28,30). The van der Waals surface area contributed by atoms with Crippen LogP contribution in [0.5, 0.6) is 11.5 Å². The van der Waals surface area contributed by atoms with Crippen LogP contribution in [-0.4, -0.2) is 24.3 Å². The Morgan fingerprint density at radius 1 is 0.848 bits per heavy atom. The van der Waals surface area contributed by atoms with Crippen LogP contribution in [0.3, 0.4) is 0 Å². The highest BCUT2D eigenvalue weighted by Gasteiger charge is 2.11. The van der Waals surface area contributed by atoms with E-state index in [1.165, 1.54) is 0 Å². The summed E-state index contributed by atoms with van der Waals surface area (Å²) in [6.07, 6.45) is 0.568. The van der Waals surface area contributed by atoms with Crippen LogP contribution in [0.2, 0.25) is 0 Å². The highest BCUT2D eigenvalue weighted by atomic mass is 16.5. The SMILES string of the molecule is Cc1ccc(C)c(Oc2ccc(NC(=O)CCCC(=O)OCC(=O)c3ccccc3)cc2)c1. The maximum absolute atomic E-state index is 12.2. The van der Waals surface area contributed by atoms with E-state index in [9.17, 15) is 14.4 Å². The molecule has 0 atom stereocenters. The molecule has 0 fully saturated rings. The third-order valence-electron chi connectivity index (χ3n) is 4.95. The minimum atomic E-state index is -0.500. The number of hydrogen-bond acceptors (Lipinski definition) is 5. The van der Waals surface area contributed by atoms with Crippen LogP contribution in [0.1, 0.15) is 40.7 Å². The number of ether oxygens (including phenoxy) is 2. The van der Waals surface area contributed by atoms with Gasteiger partial charge in [0.15, 0.2) is 12.4 Å². The maximum atomic E-state index is 12.2. The lowest BCUT2D eigenvalue weighted by Gasteiger charge is -2.11. The third-order valence-corrected chi connectivity index (χ3v) is 4.95. The zero-order valence-electron chi connectivity index (χ0n) is 18.8. The van der Waals surface area contributed by atoms with Gasteiger partial charge >= 0.3 is 5.97 Å². The molecule has 1 amide bonds. The summed E-state index contributed by atoms with van der Waals surface area (Å²) in [6.45, 7) is 3.70. The summed E-state index contributed by atoms with van der Waals surface area (Å²) in [5.74, 6) is 0.511. The first-order chi connectivity index (χ1) is 15.9. The van der Waals surface area contributed by atoms with Crippen LogP contribution in [0.4, 0.5) is 5.69 Å². The third kappa shape index (κ3) is 7.61. The molecule has 0 aromatic heterocycles. The molecule has 3 aromatic carbocycles. The lowest BCUT2D eigenvalue weighted by Crippen LogP contribution is -2.15. The van der Waals surface area contributed by atoms with Gasteiger partial charge in [-0.1, -0.05) is 42.5 Å². The number of ketones is 1. The van der Waals surface area contributed by atoms with Crippen molar-refractivity contribution in [2.45, 2.75) is 33.1 Å². The van der Waals surface area contributed by atoms with Gasteiger partial charge in [0.05, 0.1) is 0 Å². The Bertz CT molecular complexity index is 1110. The quantitative estimate of drug-likeness (QED) is 0.323. The number of carbonyl (C=O) groups excluding carboxylic acids is 3. The first kappa shape index (κ1) is 23.7. The van der Waals surface area contributed by atoms with Gasteiger partial charge in [0.2, 0.25) is 5.91 Å². The molecular formula is C27H27NO5. The first-order valence-electron chi connectivity index (χ1n) is 10.8. The van der Waals surface area contributed by atoms with E-state index in [-0.39, 0.29) is 31.1 Å². The molecule has 0 spiro atoms. The number of esters is 1. The van der Waals surface area contributed by atoms with E-state index >= 15 is 0 Å². The van der Waals surface area contributed by atoms with Gasteiger partial charge in [0.25, 0.3) is 0 Å². The monoisotopic (exact) mass is 445 g/mol. The van der Waals surface area contributed by atoms with Gasteiger partial charge in [-0.2, -0.15) is 0 Å². The Morgan fingerprint density at radius 2 is 1.58 bits per heavy atom. The Labute approximate surface area is 193 Å². The van der Waals surface area contributed by atoms with Crippen molar-refractivity contribution in [1.29, 1.82) is 0 Å². The Hall–Kier alpha value is -3.93. The van der Waals surface area contributed by atoms with E-state index < -0.39 is 5.97 Å². The second kappa shape index (κ2) is 11.6. The van der Waals surface area contributed by atoms with Crippen molar-refractivity contribution >= 4 is 23.3 Å². The van der Waals surface area contributed by atoms with Crippen molar-refractivity contribution in [3.05, 3.63) is 89.5 Å². The van der Waals surface area contributed by atoms with Gasteiger partial charge in [0, 0.05) is 24.1 Å². The average molecular weight is 446 g/mol. The molecule has 33 heavy (non-hydrogen) atoms. The van der Waals surface area contributed by atoms with Gasteiger partial charge in [-0.25, -0.2) is 0 Å². The summed E-state index contributed by atoms with van der Waals surface area (Å²) in [5, 5.41) is 2.80. The topological polar surface area (TPSA) is 81.7 Å². The molecule has 0 aliphatic carbocycles. The average Bonchev–Trinajstić information content (AvgIpc) is 2.81. The van der Waals surface area contributed by atoms with Gasteiger partial charge in [-0.15, -0.1) is 0 Å². The van der Waals surface area contributed by atoms with E-state index in [1.807, 2.05) is 38.1 Å². The molecule has 0 saturated heterocycles. The minimum absolute atomic E-state index is 0.0676. The molecule has 0 saturated carbocycles. The Kier molecular flexibility index (Phi) is 8.36. The fraction of sp³-hybridized carbons (Fsp3) is 0.222. The normalized spacial score (nSPS) is 10.4. The number of aryl methyl sites for hydroxylation is 2. The van der Waals surface area contributed by atoms with Crippen molar-refractivity contribution < 1.29 is 23.9 Å². The number of Topliss-reactive ketones (excluding diaryl/α,β-unsaturated/α-hetero) is 1. The molecule has 6 heteroatoms. The van der Waals surface area contributed by atoms with Crippen LogP contribution < -0.4 is 10.1 Å². The zero-order valence-corrected chi connectivity index (χ0v) is 18.8. The number of rotatable bonds is 10. The molecule has 6 nitrogen and oxygen atoms in total. The summed E-state index contributed by atoms with van der Waals surface area (Å²) < 4.78 is 10.9. The van der Waals surface area contributed by atoms with E-state index in [0.29, 0.717) is 23.4 Å². The van der Waals surface area contributed by atoms with Crippen LogP contribution in [0.25, 0.3) is 0 Å². The second-order valence-electron chi connectivity index (χ2n) is 7.75. The number of benzene rings is 3. The smallest absolute Gasteiger partial charge is 0.306 e. The van der Waals surface area contributed by atoms with Gasteiger partial charge in [-0.05, 0) is 61.7 Å². The molecule has 1 N–H and O–H groups in total.